The average molecular weight is 349 g/mol. The van der Waals surface area contributed by atoms with Crippen molar-refractivity contribution in [3.8, 4) is 0 Å². The van der Waals surface area contributed by atoms with E-state index in [-0.39, 0.29) is 5.91 Å². The van der Waals surface area contributed by atoms with Crippen LogP contribution in [0.1, 0.15) is 16.8 Å². The minimum atomic E-state index is 0.145. The number of aromatic nitrogens is 1. The number of carbonyl (C=O) groups is 1. The zero-order valence-corrected chi connectivity index (χ0v) is 14.6. The van der Waals surface area contributed by atoms with Crippen LogP contribution in [-0.4, -0.2) is 22.3 Å². The van der Waals surface area contributed by atoms with Crippen molar-refractivity contribution in [3.63, 3.8) is 0 Å². The molecule has 1 aromatic heterocycles. The molecule has 0 aliphatic carbocycles. The molecule has 0 saturated heterocycles. The molecule has 25 heavy (non-hydrogen) atoms. The van der Waals surface area contributed by atoms with Gasteiger partial charge in [0.05, 0.1) is 12.1 Å². The average Bonchev–Trinajstić information content (AvgIpc) is 3.09. The summed E-state index contributed by atoms with van der Waals surface area (Å²) in [6, 6.07) is 18.3. The molecular weight excluding hydrogens is 330 g/mol. The Bertz CT molecular complexity index is 875. The third kappa shape index (κ3) is 3.72. The van der Waals surface area contributed by atoms with Crippen LogP contribution in [0.25, 0.3) is 0 Å². The second-order valence-corrected chi connectivity index (χ2v) is 7.00. The Kier molecular flexibility index (Phi) is 4.48. The van der Waals surface area contributed by atoms with E-state index in [0.29, 0.717) is 13.0 Å². The van der Waals surface area contributed by atoms with Crippen molar-refractivity contribution >= 4 is 28.1 Å². The maximum atomic E-state index is 12.6. The number of hydrogen-bond acceptors (Lipinski definition) is 4. The quantitative estimate of drug-likeness (QED) is 0.774. The van der Waals surface area contributed by atoms with Gasteiger partial charge >= 0.3 is 0 Å². The molecule has 2 heterocycles. The van der Waals surface area contributed by atoms with Crippen molar-refractivity contribution in [2.75, 3.05) is 11.9 Å². The number of para-hydroxylation sites is 1. The zero-order chi connectivity index (χ0) is 17.1. The first-order valence-electron chi connectivity index (χ1n) is 8.39. The lowest BCUT2D eigenvalue weighted by Crippen LogP contribution is -2.36. The van der Waals surface area contributed by atoms with E-state index in [9.17, 15) is 4.79 Å². The molecule has 1 N–H and O–H groups in total. The van der Waals surface area contributed by atoms with Gasteiger partial charge in [-0.15, -0.1) is 11.3 Å². The van der Waals surface area contributed by atoms with Crippen LogP contribution in [0.2, 0.25) is 0 Å². The summed E-state index contributed by atoms with van der Waals surface area (Å²) in [5.74, 6) is 0.145. The molecule has 1 amide bonds. The highest BCUT2D eigenvalue weighted by molar-refractivity contribution is 7.13. The van der Waals surface area contributed by atoms with Crippen LogP contribution in [-0.2, 0) is 24.2 Å². The Hall–Kier alpha value is -2.66. The number of hydrogen-bond donors (Lipinski definition) is 1. The molecule has 5 heteroatoms. The van der Waals surface area contributed by atoms with Crippen molar-refractivity contribution in [3.05, 3.63) is 76.8 Å². The molecule has 0 atom stereocenters. The van der Waals surface area contributed by atoms with Gasteiger partial charge in [-0.2, -0.15) is 0 Å². The summed E-state index contributed by atoms with van der Waals surface area (Å²) in [5, 5.41) is 6.05. The summed E-state index contributed by atoms with van der Waals surface area (Å²) >= 11 is 1.53. The number of nitrogens with zero attached hydrogens (tertiary/aromatic N) is 2. The van der Waals surface area contributed by atoms with Gasteiger partial charge in [0.1, 0.15) is 0 Å². The molecule has 0 bridgehead atoms. The Morgan fingerprint density at radius 3 is 2.68 bits per heavy atom. The van der Waals surface area contributed by atoms with E-state index in [0.717, 1.165) is 29.5 Å². The van der Waals surface area contributed by atoms with Crippen LogP contribution in [0.4, 0.5) is 10.8 Å². The van der Waals surface area contributed by atoms with Gasteiger partial charge in [-0.05, 0) is 29.7 Å². The number of nitrogens with one attached hydrogen (secondary N) is 1. The lowest BCUT2D eigenvalue weighted by Gasteiger charge is -2.28. The molecule has 0 radical (unpaired) electrons. The Morgan fingerprint density at radius 1 is 1.08 bits per heavy atom. The second-order valence-electron chi connectivity index (χ2n) is 6.15. The van der Waals surface area contributed by atoms with Crippen LogP contribution >= 0.6 is 11.3 Å². The number of amides is 1. The van der Waals surface area contributed by atoms with Gasteiger partial charge in [0.15, 0.2) is 5.13 Å². The molecule has 4 rings (SSSR count). The molecule has 0 saturated carbocycles. The van der Waals surface area contributed by atoms with E-state index >= 15 is 0 Å². The minimum absolute atomic E-state index is 0.145. The molecule has 1 aliphatic rings. The number of anilines is 2. The summed E-state index contributed by atoms with van der Waals surface area (Å²) < 4.78 is 0. The van der Waals surface area contributed by atoms with Crippen LogP contribution in [0.15, 0.2) is 60.0 Å². The van der Waals surface area contributed by atoms with E-state index in [1.54, 1.807) is 0 Å². The molecule has 2 aromatic carbocycles. The topological polar surface area (TPSA) is 45.2 Å². The first-order valence-corrected chi connectivity index (χ1v) is 9.27. The molecule has 0 spiro atoms. The second kappa shape index (κ2) is 7.07. The predicted molar refractivity (Wildman–Crippen MR) is 101 cm³/mol. The van der Waals surface area contributed by atoms with Gasteiger partial charge in [-0.25, -0.2) is 4.98 Å². The Morgan fingerprint density at radius 2 is 1.84 bits per heavy atom. The zero-order valence-electron chi connectivity index (χ0n) is 13.8. The fraction of sp³-hybridized carbons (Fsp3) is 0.200. The molecule has 126 valence electrons. The van der Waals surface area contributed by atoms with E-state index < -0.39 is 0 Å². The van der Waals surface area contributed by atoms with Crippen LogP contribution in [0, 0.1) is 0 Å². The standard InChI is InChI=1S/C20H19N3OS/c24-19(23-11-10-15-6-4-5-7-16(15)13-23)12-18-14-25-20(22-18)21-17-8-2-1-3-9-17/h1-9,14H,10-13H2,(H,21,22). The monoisotopic (exact) mass is 349 g/mol. The summed E-state index contributed by atoms with van der Waals surface area (Å²) in [6.45, 7) is 1.49. The third-order valence-electron chi connectivity index (χ3n) is 4.39. The molecule has 1 aliphatic heterocycles. The van der Waals surface area contributed by atoms with Gasteiger partial charge in [-0.1, -0.05) is 42.5 Å². The largest absolute Gasteiger partial charge is 0.338 e. The first kappa shape index (κ1) is 15.8. The maximum absolute atomic E-state index is 12.6. The maximum Gasteiger partial charge on any atom is 0.228 e. The molecule has 4 nitrogen and oxygen atoms in total. The molecule has 0 fully saturated rings. The van der Waals surface area contributed by atoms with Gasteiger partial charge in [-0.3, -0.25) is 4.79 Å². The van der Waals surface area contributed by atoms with Crippen LogP contribution < -0.4 is 5.32 Å². The lowest BCUT2D eigenvalue weighted by molar-refractivity contribution is -0.131. The van der Waals surface area contributed by atoms with Gasteiger partial charge < -0.3 is 10.2 Å². The van der Waals surface area contributed by atoms with Gasteiger partial charge in [0, 0.05) is 24.2 Å². The van der Waals surface area contributed by atoms with Crippen molar-refractivity contribution in [2.24, 2.45) is 0 Å². The molecule has 0 unspecified atom stereocenters. The number of rotatable bonds is 4. The fourth-order valence-electron chi connectivity index (χ4n) is 3.07. The van der Waals surface area contributed by atoms with Crippen LogP contribution in [0.5, 0.6) is 0 Å². The van der Waals surface area contributed by atoms with Crippen molar-refractivity contribution < 1.29 is 4.79 Å². The normalized spacial score (nSPS) is 13.4. The highest BCUT2D eigenvalue weighted by atomic mass is 32.1. The Labute approximate surface area is 151 Å². The first-order chi connectivity index (χ1) is 12.3. The highest BCUT2D eigenvalue weighted by Crippen LogP contribution is 2.23. The van der Waals surface area contributed by atoms with E-state index in [4.69, 9.17) is 0 Å². The number of thiazole rings is 1. The van der Waals surface area contributed by atoms with E-state index in [1.807, 2.05) is 46.7 Å². The Balaban J connectivity index is 1.39. The van der Waals surface area contributed by atoms with Crippen molar-refractivity contribution in [1.82, 2.24) is 9.88 Å². The third-order valence-corrected chi connectivity index (χ3v) is 5.20. The van der Waals surface area contributed by atoms with Crippen LogP contribution in [0.3, 0.4) is 0 Å². The van der Waals surface area contributed by atoms with Gasteiger partial charge in [0.25, 0.3) is 0 Å². The summed E-state index contributed by atoms with van der Waals surface area (Å²) in [4.78, 5) is 19.1. The number of benzene rings is 2. The summed E-state index contributed by atoms with van der Waals surface area (Å²) in [7, 11) is 0. The van der Waals surface area contributed by atoms with E-state index in [1.165, 1.54) is 22.5 Å². The minimum Gasteiger partial charge on any atom is -0.338 e. The molecular formula is C20H19N3OS. The highest BCUT2D eigenvalue weighted by Gasteiger charge is 2.21. The van der Waals surface area contributed by atoms with Crippen molar-refractivity contribution in [2.45, 2.75) is 19.4 Å². The number of carbonyl (C=O) groups excluding carboxylic acids is 1. The fourth-order valence-corrected chi connectivity index (χ4v) is 3.80. The summed E-state index contributed by atoms with van der Waals surface area (Å²) in [6.07, 6.45) is 1.29. The van der Waals surface area contributed by atoms with E-state index in [2.05, 4.69) is 28.5 Å². The predicted octanol–water partition coefficient (Wildman–Crippen LogP) is 4.01. The van der Waals surface area contributed by atoms with Crippen molar-refractivity contribution in [1.29, 1.82) is 0 Å². The molecule has 3 aromatic rings. The SMILES string of the molecule is O=C(Cc1csc(Nc2ccccc2)n1)N1CCc2ccccc2C1. The lowest BCUT2D eigenvalue weighted by atomic mass is 10.00. The summed E-state index contributed by atoms with van der Waals surface area (Å²) in [5.41, 5.74) is 4.44. The van der Waals surface area contributed by atoms with Gasteiger partial charge in [0.2, 0.25) is 5.91 Å². The smallest absolute Gasteiger partial charge is 0.228 e. The number of fused-ring (bicyclic) bond motifs is 1.